The molecule has 0 fully saturated rings. The fraction of sp³-hybridized carbons (Fsp3) is 0.750. The van der Waals surface area contributed by atoms with Gasteiger partial charge in [0.25, 0.3) is 0 Å². The van der Waals surface area contributed by atoms with Gasteiger partial charge in [-0.15, -0.1) is 0 Å². The molecule has 0 spiro atoms. The van der Waals surface area contributed by atoms with Crippen molar-refractivity contribution in [3.8, 4) is 0 Å². The molecule has 0 bridgehead atoms. The second-order valence-corrected chi connectivity index (χ2v) is 4.02. The van der Waals surface area contributed by atoms with E-state index < -0.39 is 0 Å². The molecule has 86 valence electrons. The molecule has 1 aliphatic rings. The molecule has 1 rings (SSSR count). The van der Waals surface area contributed by atoms with Crippen molar-refractivity contribution in [1.82, 2.24) is 10.6 Å². The van der Waals surface area contributed by atoms with Crippen LogP contribution in [-0.4, -0.2) is 25.5 Å². The summed E-state index contributed by atoms with van der Waals surface area (Å²) in [5.41, 5.74) is 0. The molecule has 0 aromatic rings. The van der Waals surface area contributed by atoms with Crippen LogP contribution in [0.1, 0.15) is 32.6 Å². The number of hydrogen-bond donors (Lipinski definition) is 2. The maximum Gasteiger partial charge on any atom is 0.223 e. The molecule has 15 heavy (non-hydrogen) atoms. The number of hydrogen-bond acceptors (Lipinski definition) is 2. The van der Waals surface area contributed by atoms with E-state index >= 15 is 0 Å². The van der Waals surface area contributed by atoms with Crippen LogP contribution in [0.3, 0.4) is 0 Å². The number of rotatable bonds is 6. The summed E-state index contributed by atoms with van der Waals surface area (Å²) in [7, 11) is 0. The number of nitrogens with one attached hydrogen (secondary N) is 2. The highest BCUT2D eigenvalue weighted by Crippen LogP contribution is 2.17. The lowest BCUT2D eigenvalue weighted by molar-refractivity contribution is -0.125. The van der Waals surface area contributed by atoms with Gasteiger partial charge < -0.3 is 10.6 Å². The molecular weight excluding hydrogens is 188 g/mol. The van der Waals surface area contributed by atoms with E-state index in [1.165, 1.54) is 0 Å². The van der Waals surface area contributed by atoms with E-state index in [1.54, 1.807) is 0 Å². The van der Waals surface area contributed by atoms with Crippen LogP contribution >= 0.6 is 0 Å². The minimum atomic E-state index is 0.209. The summed E-state index contributed by atoms with van der Waals surface area (Å²) in [6.07, 6.45) is 8.38. The molecule has 1 aliphatic carbocycles. The summed E-state index contributed by atoms with van der Waals surface area (Å²) in [6.45, 7) is 4.79. The average molecular weight is 210 g/mol. The van der Waals surface area contributed by atoms with Crippen molar-refractivity contribution in [2.24, 2.45) is 5.92 Å². The van der Waals surface area contributed by atoms with Crippen molar-refractivity contribution in [2.45, 2.75) is 32.6 Å². The number of amides is 1. The Balaban J connectivity index is 2.05. The van der Waals surface area contributed by atoms with Crippen molar-refractivity contribution in [3.63, 3.8) is 0 Å². The largest absolute Gasteiger partial charge is 0.355 e. The Morgan fingerprint density at radius 1 is 1.33 bits per heavy atom. The zero-order valence-corrected chi connectivity index (χ0v) is 9.59. The first-order valence-electron chi connectivity index (χ1n) is 5.98. The Hall–Kier alpha value is -0.830. The molecule has 3 heteroatoms. The Bertz CT molecular complexity index is 214. The molecule has 0 saturated carbocycles. The van der Waals surface area contributed by atoms with Gasteiger partial charge in [-0.3, -0.25) is 4.79 Å². The molecule has 0 aliphatic heterocycles. The summed E-state index contributed by atoms with van der Waals surface area (Å²) in [5, 5.41) is 6.24. The molecule has 1 unspecified atom stereocenters. The predicted octanol–water partition coefficient (Wildman–Crippen LogP) is 1.46. The second-order valence-electron chi connectivity index (χ2n) is 4.02. The van der Waals surface area contributed by atoms with Crippen LogP contribution in [0.15, 0.2) is 12.2 Å². The van der Waals surface area contributed by atoms with E-state index in [2.05, 4.69) is 29.7 Å². The molecule has 3 nitrogen and oxygen atoms in total. The normalized spacial score (nSPS) is 20.2. The van der Waals surface area contributed by atoms with Gasteiger partial charge in [-0.2, -0.15) is 0 Å². The molecule has 0 saturated heterocycles. The topological polar surface area (TPSA) is 41.1 Å². The third-order valence-corrected chi connectivity index (χ3v) is 2.67. The fourth-order valence-electron chi connectivity index (χ4n) is 1.75. The summed E-state index contributed by atoms with van der Waals surface area (Å²) < 4.78 is 0. The van der Waals surface area contributed by atoms with Crippen molar-refractivity contribution < 1.29 is 4.79 Å². The first kappa shape index (κ1) is 12.2. The lowest BCUT2D eigenvalue weighted by Gasteiger charge is -2.17. The highest BCUT2D eigenvalue weighted by atomic mass is 16.1. The van der Waals surface area contributed by atoms with Crippen LogP contribution in [0.5, 0.6) is 0 Å². The van der Waals surface area contributed by atoms with Gasteiger partial charge in [-0.05, 0) is 32.2 Å². The molecule has 2 N–H and O–H groups in total. The van der Waals surface area contributed by atoms with Crippen molar-refractivity contribution in [2.75, 3.05) is 19.6 Å². The minimum absolute atomic E-state index is 0.209. The second kappa shape index (κ2) is 7.46. The van der Waals surface area contributed by atoms with Crippen molar-refractivity contribution in [1.29, 1.82) is 0 Å². The van der Waals surface area contributed by atoms with E-state index in [0.29, 0.717) is 0 Å². The third-order valence-electron chi connectivity index (χ3n) is 2.67. The first-order chi connectivity index (χ1) is 7.34. The van der Waals surface area contributed by atoms with Crippen LogP contribution in [-0.2, 0) is 4.79 Å². The highest BCUT2D eigenvalue weighted by Gasteiger charge is 2.17. The highest BCUT2D eigenvalue weighted by molar-refractivity contribution is 5.78. The smallest absolute Gasteiger partial charge is 0.223 e. The zero-order valence-electron chi connectivity index (χ0n) is 9.59. The van der Waals surface area contributed by atoms with Gasteiger partial charge in [-0.1, -0.05) is 19.1 Å². The number of carbonyl (C=O) groups excluding carboxylic acids is 1. The van der Waals surface area contributed by atoms with E-state index in [-0.39, 0.29) is 11.8 Å². The summed E-state index contributed by atoms with van der Waals surface area (Å²) in [5.74, 6) is 0.429. The predicted molar refractivity (Wildman–Crippen MR) is 62.7 cm³/mol. The van der Waals surface area contributed by atoms with E-state index in [1.807, 2.05) is 0 Å². The quantitative estimate of drug-likeness (QED) is 0.515. The van der Waals surface area contributed by atoms with Crippen LogP contribution in [0.25, 0.3) is 0 Å². The molecule has 0 radical (unpaired) electrons. The molecular formula is C12H22N2O. The Morgan fingerprint density at radius 3 is 2.87 bits per heavy atom. The molecule has 1 atom stereocenters. The molecule has 0 aromatic heterocycles. The summed E-state index contributed by atoms with van der Waals surface area (Å²) in [4.78, 5) is 11.7. The maximum absolute atomic E-state index is 11.7. The average Bonchev–Trinajstić information content (AvgIpc) is 2.30. The number of allylic oxidation sites excluding steroid dienone is 2. The van der Waals surface area contributed by atoms with E-state index in [0.717, 1.165) is 45.3 Å². The van der Waals surface area contributed by atoms with Gasteiger partial charge in [0.2, 0.25) is 5.91 Å². The van der Waals surface area contributed by atoms with Crippen LogP contribution < -0.4 is 10.6 Å². The maximum atomic E-state index is 11.7. The Labute approximate surface area is 92.3 Å². The lowest BCUT2D eigenvalue weighted by atomic mass is 9.94. The Morgan fingerprint density at radius 2 is 2.20 bits per heavy atom. The van der Waals surface area contributed by atoms with Crippen molar-refractivity contribution >= 4 is 5.91 Å². The van der Waals surface area contributed by atoms with E-state index in [9.17, 15) is 4.79 Å². The van der Waals surface area contributed by atoms with E-state index in [4.69, 9.17) is 0 Å². The monoisotopic (exact) mass is 210 g/mol. The molecule has 1 amide bonds. The summed E-state index contributed by atoms with van der Waals surface area (Å²) >= 11 is 0. The van der Waals surface area contributed by atoms with Crippen LogP contribution in [0, 0.1) is 5.92 Å². The van der Waals surface area contributed by atoms with Gasteiger partial charge in [0.05, 0.1) is 0 Å². The van der Waals surface area contributed by atoms with Gasteiger partial charge >= 0.3 is 0 Å². The zero-order chi connectivity index (χ0) is 10.9. The SMILES string of the molecule is CCCNCCNC(=O)C1CC=CCC1. The van der Waals surface area contributed by atoms with Crippen LogP contribution in [0.2, 0.25) is 0 Å². The molecule has 0 heterocycles. The minimum Gasteiger partial charge on any atom is -0.355 e. The standard InChI is InChI=1S/C12H22N2O/c1-2-8-13-9-10-14-12(15)11-6-4-3-5-7-11/h3-4,11,13H,2,5-10H2,1H3,(H,14,15). The van der Waals surface area contributed by atoms with Gasteiger partial charge in [0.1, 0.15) is 0 Å². The Kier molecular flexibility index (Phi) is 6.09. The van der Waals surface area contributed by atoms with Gasteiger partial charge in [0.15, 0.2) is 0 Å². The summed E-state index contributed by atoms with van der Waals surface area (Å²) in [6, 6.07) is 0. The third kappa shape index (κ3) is 4.98. The first-order valence-corrected chi connectivity index (χ1v) is 5.98. The van der Waals surface area contributed by atoms with Crippen molar-refractivity contribution in [3.05, 3.63) is 12.2 Å². The lowest BCUT2D eigenvalue weighted by Crippen LogP contribution is -2.36. The molecule has 0 aromatic carbocycles. The fourth-order valence-corrected chi connectivity index (χ4v) is 1.75. The van der Waals surface area contributed by atoms with Gasteiger partial charge in [0, 0.05) is 19.0 Å². The number of carbonyl (C=O) groups is 1. The van der Waals surface area contributed by atoms with Crippen LogP contribution in [0.4, 0.5) is 0 Å². The van der Waals surface area contributed by atoms with Gasteiger partial charge in [-0.25, -0.2) is 0 Å².